The maximum Gasteiger partial charge on any atom is 0.249 e. The first-order valence-electron chi connectivity index (χ1n) is 7.01. The van der Waals surface area contributed by atoms with Crippen LogP contribution in [-0.4, -0.2) is 33.5 Å². The van der Waals surface area contributed by atoms with Crippen molar-refractivity contribution in [1.82, 2.24) is 9.27 Å². The number of rotatable bonds is 5. The Hall–Kier alpha value is -0.750. The number of carbonyl (C=O) groups is 1. The first kappa shape index (κ1) is 15.2. The summed E-state index contributed by atoms with van der Waals surface area (Å²) in [5.74, 6) is -2.30. The van der Waals surface area contributed by atoms with Gasteiger partial charge in [-0.15, -0.1) is 11.6 Å². The van der Waals surface area contributed by atoms with E-state index in [9.17, 15) is 13.6 Å². The zero-order chi connectivity index (χ0) is 15.1. The summed E-state index contributed by atoms with van der Waals surface area (Å²) >= 11 is 7.01. The highest BCUT2D eigenvalue weighted by molar-refractivity contribution is 7.03. The second-order valence-corrected chi connectivity index (χ2v) is 7.35. The molecule has 1 aromatic rings. The largest absolute Gasteiger partial charge is 0.337 e. The third kappa shape index (κ3) is 3.21. The van der Waals surface area contributed by atoms with Gasteiger partial charge in [0.05, 0.1) is 0 Å². The molecule has 21 heavy (non-hydrogen) atoms. The quantitative estimate of drug-likeness (QED) is 0.772. The van der Waals surface area contributed by atoms with Crippen LogP contribution >= 0.6 is 23.1 Å². The lowest BCUT2D eigenvalue weighted by molar-refractivity contribution is -0.208. The van der Waals surface area contributed by atoms with E-state index in [-0.39, 0.29) is 30.0 Å². The molecule has 116 valence electrons. The molecule has 3 rings (SSSR count). The molecule has 0 unspecified atom stereocenters. The summed E-state index contributed by atoms with van der Waals surface area (Å²) in [6, 6.07) is 0. The Balaban J connectivity index is 1.53. The number of hydrogen-bond acceptors (Lipinski definition) is 3. The van der Waals surface area contributed by atoms with Crippen LogP contribution in [0.25, 0.3) is 0 Å². The van der Waals surface area contributed by atoms with Crippen LogP contribution in [0.4, 0.5) is 8.78 Å². The second-order valence-electron chi connectivity index (χ2n) is 6.42. The lowest BCUT2D eigenvalue weighted by atomic mass is 9.50. The summed E-state index contributed by atoms with van der Waals surface area (Å²) < 4.78 is 30.0. The average molecular weight is 335 g/mol. The molecular weight excluding hydrogens is 318 g/mol. The fourth-order valence-electron chi connectivity index (χ4n) is 3.80. The van der Waals surface area contributed by atoms with Crippen molar-refractivity contribution in [2.45, 2.75) is 38.2 Å². The predicted octanol–water partition coefficient (Wildman–Crippen LogP) is 3.54. The molecule has 7 heteroatoms. The molecule has 0 radical (unpaired) electrons. The van der Waals surface area contributed by atoms with Crippen molar-refractivity contribution in [3.63, 3.8) is 0 Å². The van der Waals surface area contributed by atoms with Crippen LogP contribution < -0.4 is 0 Å². The van der Waals surface area contributed by atoms with Gasteiger partial charge < -0.3 is 4.90 Å². The van der Waals surface area contributed by atoms with Crippen LogP contribution in [0.15, 0.2) is 11.6 Å². The van der Waals surface area contributed by atoms with E-state index < -0.39 is 5.92 Å². The number of halogens is 3. The van der Waals surface area contributed by atoms with Gasteiger partial charge in [-0.25, -0.2) is 13.2 Å². The number of hydrogen-bond donors (Lipinski definition) is 0. The Morgan fingerprint density at radius 3 is 2.71 bits per heavy atom. The molecular formula is C14H17ClF2N2OS. The molecule has 0 aromatic carbocycles. The standard InChI is InChI=1S/C14H17ClF2N2OS/c15-3-12(20)19(6-11-4-18-21-7-11)5-10-1-13(2-10)8-14(16,17)9-13/h4,7,10H,1-3,5-6,8-9H2. The molecule has 1 spiro atoms. The Kier molecular flexibility index (Phi) is 3.94. The summed E-state index contributed by atoms with van der Waals surface area (Å²) in [7, 11) is 0. The Bertz CT molecular complexity index is 507. The zero-order valence-corrected chi connectivity index (χ0v) is 13.1. The average Bonchev–Trinajstić information content (AvgIpc) is 2.85. The molecule has 2 saturated carbocycles. The van der Waals surface area contributed by atoms with Gasteiger partial charge in [-0.2, -0.15) is 0 Å². The fraction of sp³-hybridized carbons (Fsp3) is 0.714. The van der Waals surface area contributed by atoms with Crippen molar-refractivity contribution in [2.75, 3.05) is 12.4 Å². The molecule has 0 N–H and O–H groups in total. The monoisotopic (exact) mass is 334 g/mol. The molecule has 0 bridgehead atoms. The fourth-order valence-corrected chi connectivity index (χ4v) is 4.50. The first-order valence-corrected chi connectivity index (χ1v) is 8.38. The molecule has 2 aliphatic rings. The normalized spacial score (nSPS) is 22.6. The summed E-state index contributed by atoms with van der Waals surface area (Å²) in [5.41, 5.74) is 0.844. The van der Waals surface area contributed by atoms with E-state index in [0.29, 0.717) is 19.0 Å². The van der Waals surface area contributed by atoms with Crippen LogP contribution in [-0.2, 0) is 11.3 Å². The van der Waals surface area contributed by atoms with Crippen LogP contribution in [0, 0.1) is 11.3 Å². The molecule has 0 atom stereocenters. The van der Waals surface area contributed by atoms with Gasteiger partial charge in [-0.1, -0.05) is 0 Å². The van der Waals surface area contributed by atoms with Gasteiger partial charge in [0.25, 0.3) is 0 Å². The van der Waals surface area contributed by atoms with Crippen LogP contribution in [0.1, 0.15) is 31.2 Å². The highest BCUT2D eigenvalue weighted by atomic mass is 35.5. The molecule has 0 aliphatic heterocycles. The van der Waals surface area contributed by atoms with Gasteiger partial charge in [0.15, 0.2) is 0 Å². The minimum absolute atomic E-state index is 0.0222. The summed E-state index contributed by atoms with van der Waals surface area (Å²) in [6.07, 6.45) is 3.39. The van der Waals surface area contributed by atoms with Crippen molar-refractivity contribution in [3.05, 3.63) is 17.1 Å². The van der Waals surface area contributed by atoms with Crippen LogP contribution in [0.2, 0.25) is 0 Å². The minimum atomic E-state index is -2.46. The van der Waals surface area contributed by atoms with Crippen molar-refractivity contribution >= 4 is 29.0 Å². The van der Waals surface area contributed by atoms with Gasteiger partial charge in [0.1, 0.15) is 5.88 Å². The summed E-state index contributed by atoms with van der Waals surface area (Å²) in [5, 5.41) is 1.91. The SMILES string of the molecule is O=C(CCl)N(Cc1cnsc1)CC1CC2(C1)CC(F)(F)C2. The molecule has 1 amide bonds. The third-order valence-electron chi connectivity index (χ3n) is 4.51. The zero-order valence-electron chi connectivity index (χ0n) is 11.5. The van der Waals surface area contributed by atoms with E-state index in [0.717, 1.165) is 18.4 Å². The number of nitrogens with zero attached hydrogens (tertiary/aromatic N) is 2. The van der Waals surface area contributed by atoms with Gasteiger partial charge in [0, 0.05) is 43.1 Å². The molecule has 2 aliphatic carbocycles. The maximum absolute atomic E-state index is 13.0. The smallest absolute Gasteiger partial charge is 0.249 e. The Labute approximate surface area is 131 Å². The highest BCUT2D eigenvalue weighted by Gasteiger charge is 2.61. The Morgan fingerprint density at radius 2 is 2.19 bits per heavy atom. The van der Waals surface area contributed by atoms with Crippen molar-refractivity contribution < 1.29 is 13.6 Å². The first-order chi connectivity index (χ1) is 9.91. The lowest BCUT2D eigenvalue weighted by Gasteiger charge is -2.58. The molecule has 0 saturated heterocycles. The van der Waals surface area contributed by atoms with Crippen molar-refractivity contribution in [3.8, 4) is 0 Å². The predicted molar refractivity (Wildman–Crippen MR) is 77.6 cm³/mol. The molecule has 3 nitrogen and oxygen atoms in total. The topological polar surface area (TPSA) is 33.2 Å². The number of aromatic nitrogens is 1. The van der Waals surface area contributed by atoms with E-state index in [2.05, 4.69) is 4.37 Å². The van der Waals surface area contributed by atoms with Gasteiger partial charge in [-0.3, -0.25) is 4.79 Å². The van der Waals surface area contributed by atoms with Crippen LogP contribution in [0.3, 0.4) is 0 Å². The van der Waals surface area contributed by atoms with E-state index in [4.69, 9.17) is 11.6 Å². The van der Waals surface area contributed by atoms with Gasteiger partial charge >= 0.3 is 0 Å². The Morgan fingerprint density at radius 1 is 1.48 bits per heavy atom. The summed E-state index contributed by atoms with van der Waals surface area (Å²) in [4.78, 5) is 13.6. The van der Waals surface area contributed by atoms with Gasteiger partial charge in [0.2, 0.25) is 11.8 Å². The van der Waals surface area contributed by atoms with E-state index in [1.807, 2.05) is 5.38 Å². The third-order valence-corrected chi connectivity index (χ3v) is 5.38. The highest BCUT2D eigenvalue weighted by Crippen LogP contribution is 2.64. The summed E-state index contributed by atoms with van der Waals surface area (Å²) in [6.45, 7) is 1.11. The molecule has 1 heterocycles. The number of alkyl halides is 3. The number of amides is 1. The maximum atomic E-state index is 13.0. The van der Waals surface area contributed by atoms with E-state index in [1.54, 1.807) is 11.1 Å². The van der Waals surface area contributed by atoms with E-state index >= 15 is 0 Å². The lowest BCUT2D eigenvalue weighted by Crippen LogP contribution is -2.55. The van der Waals surface area contributed by atoms with Crippen molar-refractivity contribution in [2.24, 2.45) is 11.3 Å². The second kappa shape index (κ2) is 5.47. The minimum Gasteiger partial charge on any atom is -0.337 e. The molecule has 1 aromatic heterocycles. The van der Waals surface area contributed by atoms with Crippen molar-refractivity contribution in [1.29, 1.82) is 0 Å². The van der Waals surface area contributed by atoms with Gasteiger partial charge in [-0.05, 0) is 35.7 Å². The van der Waals surface area contributed by atoms with Crippen LogP contribution in [0.5, 0.6) is 0 Å². The van der Waals surface area contributed by atoms with E-state index in [1.165, 1.54) is 11.5 Å². The molecule has 2 fully saturated rings. The number of carbonyl (C=O) groups excluding carboxylic acids is 1.